The molecule has 0 atom stereocenters. The third kappa shape index (κ3) is 1.11. The molecule has 0 radical (unpaired) electrons. The van der Waals surface area contributed by atoms with Gasteiger partial charge in [-0.05, 0) is 12.8 Å². The highest BCUT2D eigenvalue weighted by Gasteiger charge is 2.46. The highest BCUT2D eigenvalue weighted by molar-refractivity contribution is 6.12. The van der Waals surface area contributed by atoms with E-state index in [9.17, 15) is 9.59 Å². The Bertz CT molecular complexity index is 212. The monoisotopic (exact) mass is 166 g/mol. The summed E-state index contributed by atoms with van der Waals surface area (Å²) in [7, 11) is 0. The van der Waals surface area contributed by atoms with Crippen LogP contribution in [0.15, 0.2) is 12.7 Å². The summed E-state index contributed by atoms with van der Waals surface area (Å²) in [4.78, 5) is 22.9. The van der Waals surface area contributed by atoms with Crippen LogP contribution in [0.5, 0.6) is 0 Å². The molecule has 1 saturated carbocycles. The topological polar surface area (TPSA) is 34.1 Å². The van der Waals surface area contributed by atoms with Crippen molar-refractivity contribution in [3.05, 3.63) is 12.7 Å². The number of carbonyl (C=O) groups is 2. The summed E-state index contributed by atoms with van der Waals surface area (Å²) in [5.41, 5.74) is -0.693. The standard InChI is InChI=1S/C10H14O2/c1-3-7-10(4-2)8(11)5-6-9(10)12/h3H,1,4-7H2,2H3. The molecule has 0 spiro atoms. The van der Waals surface area contributed by atoms with Gasteiger partial charge in [-0.1, -0.05) is 13.0 Å². The smallest absolute Gasteiger partial charge is 0.147 e. The number of hydrogen-bond acceptors (Lipinski definition) is 2. The van der Waals surface area contributed by atoms with Gasteiger partial charge in [0.1, 0.15) is 11.6 Å². The van der Waals surface area contributed by atoms with Crippen LogP contribution in [0.25, 0.3) is 0 Å². The van der Waals surface area contributed by atoms with E-state index in [1.807, 2.05) is 6.92 Å². The second kappa shape index (κ2) is 3.21. The quantitative estimate of drug-likeness (QED) is 0.474. The molecule has 0 saturated heterocycles. The van der Waals surface area contributed by atoms with Crippen LogP contribution in [0.1, 0.15) is 32.6 Å². The van der Waals surface area contributed by atoms with Crippen LogP contribution in [0.4, 0.5) is 0 Å². The largest absolute Gasteiger partial charge is 0.299 e. The number of Topliss-reactive ketones (excluding diaryl/α,β-unsaturated/α-hetero) is 2. The van der Waals surface area contributed by atoms with E-state index in [4.69, 9.17) is 0 Å². The van der Waals surface area contributed by atoms with Gasteiger partial charge in [0, 0.05) is 12.8 Å². The van der Waals surface area contributed by atoms with E-state index in [0.717, 1.165) is 0 Å². The lowest BCUT2D eigenvalue weighted by molar-refractivity contribution is -0.134. The molecule has 1 fully saturated rings. The Hall–Kier alpha value is -0.920. The lowest BCUT2D eigenvalue weighted by atomic mass is 9.78. The van der Waals surface area contributed by atoms with Crippen molar-refractivity contribution in [3.8, 4) is 0 Å². The van der Waals surface area contributed by atoms with Crippen LogP contribution in [-0.4, -0.2) is 11.6 Å². The Labute approximate surface area is 72.7 Å². The van der Waals surface area contributed by atoms with Gasteiger partial charge in [0.15, 0.2) is 0 Å². The molecular formula is C10H14O2. The molecule has 0 bridgehead atoms. The summed E-state index contributed by atoms with van der Waals surface area (Å²) in [5, 5.41) is 0. The Morgan fingerprint density at radius 3 is 2.25 bits per heavy atom. The molecule has 2 nitrogen and oxygen atoms in total. The second-order valence-electron chi connectivity index (χ2n) is 3.27. The molecule has 1 rings (SSSR count). The van der Waals surface area contributed by atoms with Gasteiger partial charge in [-0.25, -0.2) is 0 Å². The third-order valence-electron chi connectivity index (χ3n) is 2.74. The second-order valence-corrected chi connectivity index (χ2v) is 3.27. The van der Waals surface area contributed by atoms with Gasteiger partial charge in [0.05, 0.1) is 5.41 Å². The highest BCUT2D eigenvalue weighted by Crippen LogP contribution is 2.37. The maximum atomic E-state index is 11.5. The number of ketones is 2. The van der Waals surface area contributed by atoms with Crippen LogP contribution < -0.4 is 0 Å². The van der Waals surface area contributed by atoms with E-state index < -0.39 is 5.41 Å². The fraction of sp³-hybridized carbons (Fsp3) is 0.600. The fourth-order valence-electron chi connectivity index (χ4n) is 1.87. The predicted octanol–water partition coefficient (Wildman–Crippen LogP) is 1.89. The average Bonchev–Trinajstić information content (AvgIpc) is 2.33. The van der Waals surface area contributed by atoms with Crippen molar-refractivity contribution in [1.82, 2.24) is 0 Å². The molecule has 0 aromatic carbocycles. The Balaban J connectivity index is 2.95. The van der Waals surface area contributed by atoms with Crippen molar-refractivity contribution in [2.24, 2.45) is 5.41 Å². The first-order valence-corrected chi connectivity index (χ1v) is 4.35. The number of rotatable bonds is 3. The minimum Gasteiger partial charge on any atom is -0.299 e. The molecule has 1 aliphatic carbocycles. The van der Waals surface area contributed by atoms with Crippen molar-refractivity contribution in [3.63, 3.8) is 0 Å². The van der Waals surface area contributed by atoms with Crippen LogP contribution in [0.3, 0.4) is 0 Å². The lowest BCUT2D eigenvalue weighted by Crippen LogP contribution is -2.31. The van der Waals surface area contributed by atoms with Crippen molar-refractivity contribution in [1.29, 1.82) is 0 Å². The third-order valence-corrected chi connectivity index (χ3v) is 2.74. The maximum absolute atomic E-state index is 11.5. The summed E-state index contributed by atoms with van der Waals surface area (Å²) in [5.74, 6) is 0.213. The zero-order valence-corrected chi connectivity index (χ0v) is 7.43. The average molecular weight is 166 g/mol. The summed E-state index contributed by atoms with van der Waals surface area (Å²) in [6.07, 6.45) is 3.67. The van der Waals surface area contributed by atoms with E-state index in [1.165, 1.54) is 0 Å². The van der Waals surface area contributed by atoms with Crippen molar-refractivity contribution in [2.45, 2.75) is 32.6 Å². The normalized spacial score (nSPS) is 21.4. The van der Waals surface area contributed by atoms with Crippen LogP contribution >= 0.6 is 0 Å². The molecule has 66 valence electrons. The highest BCUT2D eigenvalue weighted by atomic mass is 16.2. The van der Waals surface area contributed by atoms with Crippen LogP contribution in [0, 0.1) is 5.41 Å². The molecule has 12 heavy (non-hydrogen) atoms. The number of allylic oxidation sites excluding steroid dienone is 1. The first kappa shape index (κ1) is 9.17. The molecule has 0 aliphatic heterocycles. The fourth-order valence-corrected chi connectivity index (χ4v) is 1.87. The molecule has 0 aromatic heterocycles. The van der Waals surface area contributed by atoms with Crippen molar-refractivity contribution >= 4 is 11.6 Å². The summed E-state index contributed by atoms with van der Waals surface area (Å²) in [6, 6.07) is 0. The maximum Gasteiger partial charge on any atom is 0.147 e. The molecule has 0 unspecified atom stereocenters. The van der Waals surface area contributed by atoms with Gasteiger partial charge in [-0.15, -0.1) is 6.58 Å². The zero-order chi connectivity index (χ0) is 9.19. The molecule has 0 heterocycles. The molecule has 1 aliphatic rings. The van der Waals surface area contributed by atoms with Gasteiger partial charge in [-0.2, -0.15) is 0 Å². The summed E-state index contributed by atoms with van der Waals surface area (Å²) in [6.45, 7) is 5.48. The van der Waals surface area contributed by atoms with Gasteiger partial charge < -0.3 is 0 Å². The molecule has 2 heteroatoms. The molecule has 0 aromatic rings. The van der Waals surface area contributed by atoms with E-state index >= 15 is 0 Å². The lowest BCUT2D eigenvalue weighted by Gasteiger charge is -2.21. The Morgan fingerprint density at radius 1 is 1.42 bits per heavy atom. The van der Waals surface area contributed by atoms with Crippen molar-refractivity contribution < 1.29 is 9.59 Å². The predicted molar refractivity (Wildman–Crippen MR) is 46.8 cm³/mol. The first-order chi connectivity index (χ1) is 5.67. The minimum atomic E-state index is -0.693. The van der Waals surface area contributed by atoms with Gasteiger partial charge in [-0.3, -0.25) is 9.59 Å². The zero-order valence-electron chi connectivity index (χ0n) is 7.43. The summed E-state index contributed by atoms with van der Waals surface area (Å²) >= 11 is 0. The Morgan fingerprint density at radius 2 is 1.92 bits per heavy atom. The molecule has 0 amide bonds. The number of carbonyl (C=O) groups excluding carboxylic acids is 2. The van der Waals surface area contributed by atoms with Crippen molar-refractivity contribution in [2.75, 3.05) is 0 Å². The van der Waals surface area contributed by atoms with E-state index in [1.54, 1.807) is 6.08 Å². The van der Waals surface area contributed by atoms with E-state index in [2.05, 4.69) is 6.58 Å². The van der Waals surface area contributed by atoms with E-state index in [-0.39, 0.29) is 11.6 Å². The molecule has 0 N–H and O–H groups in total. The van der Waals surface area contributed by atoms with Gasteiger partial charge >= 0.3 is 0 Å². The SMILES string of the molecule is C=CCC1(CC)C(=O)CCC1=O. The summed E-state index contributed by atoms with van der Waals surface area (Å²) < 4.78 is 0. The van der Waals surface area contributed by atoms with Gasteiger partial charge in [0.2, 0.25) is 0 Å². The van der Waals surface area contributed by atoms with Crippen LogP contribution in [0.2, 0.25) is 0 Å². The number of hydrogen-bond donors (Lipinski definition) is 0. The van der Waals surface area contributed by atoms with Gasteiger partial charge in [0.25, 0.3) is 0 Å². The Kier molecular flexibility index (Phi) is 2.46. The van der Waals surface area contributed by atoms with Crippen LogP contribution in [-0.2, 0) is 9.59 Å². The molecular weight excluding hydrogens is 152 g/mol. The first-order valence-electron chi connectivity index (χ1n) is 4.35. The van der Waals surface area contributed by atoms with E-state index in [0.29, 0.717) is 25.7 Å². The minimum absolute atomic E-state index is 0.106.